The summed E-state index contributed by atoms with van der Waals surface area (Å²) in [5.74, 6) is 1.20. The normalized spacial score (nSPS) is 16.5. The third kappa shape index (κ3) is 4.67. The number of amides is 1. The summed E-state index contributed by atoms with van der Waals surface area (Å²) in [5.41, 5.74) is 3.37. The molecule has 2 atom stereocenters. The number of fused-ring (bicyclic) bond motifs is 1. The van der Waals surface area contributed by atoms with Crippen molar-refractivity contribution in [2.24, 2.45) is 0 Å². The molecule has 1 amide bonds. The van der Waals surface area contributed by atoms with Crippen LogP contribution in [0.5, 0.6) is 5.75 Å². The minimum absolute atomic E-state index is 0.0254. The highest BCUT2D eigenvalue weighted by Gasteiger charge is 2.25. The van der Waals surface area contributed by atoms with E-state index in [1.54, 1.807) is 0 Å². The minimum Gasteiger partial charge on any atom is -0.494 e. The number of aromatic nitrogens is 2. The predicted octanol–water partition coefficient (Wildman–Crippen LogP) is 4.81. The molecule has 156 valence electrons. The van der Waals surface area contributed by atoms with E-state index in [2.05, 4.69) is 33.7 Å². The van der Waals surface area contributed by atoms with E-state index in [-0.39, 0.29) is 17.2 Å². The van der Waals surface area contributed by atoms with Gasteiger partial charge in [-0.1, -0.05) is 36.0 Å². The molecule has 0 saturated carbocycles. The first-order valence-electron chi connectivity index (χ1n) is 10.3. The Labute approximate surface area is 180 Å². The molecule has 0 spiro atoms. The predicted molar refractivity (Wildman–Crippen MR) is 116 cm³/mol. The molecular weight excluding hydrogens is 398 g/mol. The van der Waals surface area contributed by atoms with Crippen molar-refractivity contribution in [3.8, 4) is 17.2 Å². The summed E-state index contributed by atoms with van der Waals surface area (Å²) in [5, 5.41) is 11.4. The fourth-order valence-corrected chi connectivity index (χ4v) is 4.32. The smallest absolute Gasteiger partial charge is 0.277 e. The SMILES string of the molecule is CCOc1ccc(-c2nnc(SC(C)C(=O)NC3CCCc4ccccc43)o2)cc1. The number of carbonyl (C=O) groups is 1. The van der Waals surface area contributed by atoms with Crippen molar-refractivity contribution < 1.29 is 13.9 Å². The Morgan fingerprint density at radius 1 is 1.23 bits per heavy atom. The second-order valence-corrected chi connectivity index (χ2v) is 8.53. The van der Waals surface area contributed by atoms with Gasteiger partial charge >= 0.3 is 0 Å². The molecule has 6 nitrogen and oxygen atoms in total. The van der Waals surface area contributed by atoms with Crippen LogP contribution < -0.4 is 10.1 Å². The fourth-order valence-electron chi connectivity index (χ4n) is 3.63. The van der Waals surface area contributed by atoms with E-state index in [1.807, 2.05) is 44.2 Å². The molecule has 2 aromatic carbocycles. The zero-order valence-corrected chi connectivity index (χ0v) is 17.9. The summed E-state index contributed by atoms with van der Waals surface area (Å²) >= 11 is 1.27. The number of hydrogen-bond donors (Lipinski definition) is 1. The highest BCUT2D eigenvalue weighted by molar-refractivity contribution is 8.00. The van der Waals surface area contributed by atoms with Gasteiger partial charge in [0.05, 0.1) is 17.9 Å². The number of ether oxygens (including phenoxy) is 1. The van der Waals surface area contributed by atoms with Crippen molar-refractivity contribution in [2.75, 3.05) is 6.61 Å². The monoisotopic (exact) mass is 423 g/mol. The van der Waals surface area contributed by atoms with Crippen molar-refractivity contribution in [3.63, 3.8) is 0 Å². The Morgan fingerprint density at radius 2 is 2.03 bits per heavy atom. The molecule has 1 aromatic heterocycles. The van der Waals surface area contributed by atoms with Gasteiger partial charge in [-0.3, -0.25) is 4.79 Å². The zero-order valence-electron chi connectivity index (χ0n) is 17.1. The number of benzene rings is 2. The molecule has 3 aromatic rings. The molecule has 7 heteroatoms. The Bertz CT molecular complexity index is 1000. The quantitative estimate of drug-likeness (QED) is 0.550. The Hall–Kier alpha value is -2.80. The van der Waals surface area contributed by atoms with Crippen LogP contribution in [0.15, 0.2) is 58.2 Å². The Kier molecular flexibility index (Phi) is 6.38. The molecule has 1 N–H and O–H groups in total. The molecule has 0 bridgehead atoms. The van der Waals surface area contributed by atoms with Gasteiger partial charge in [-0.2, -0.15) is 0 Å². The van der Waals surface area contributed by atoms with Gasteiger partial charge in [-0.15, -0.1) is 10.2 Å². The van der Waals surface area contributed by atoms with Crippen LogP contribution in [0.25, 0.3) is 11.5 Å². The van der Waals surface area contributed by atoms with Crippen LogP contribution in [0, 0.1) is 0 Å². The third-order valence-corrected chi connectivity index (χ3v) is 6.09. The van der Waals surface area contributed by atoms with E-state index in [1.165, 1.54) is 22.9 Å². The first-order valence-corrected chi connectivity index (χ1v) is 11.1. The lowest BCUT2D eigenvalue weighted by molar-refractivity contribution is -0.121. The summed E-state index contributed by atoms with van der Waals surface area (Å²) in [6.07, 6.45) is 3.12. The number of rotatable bonds is 7. The molecule has 30 heavy (non-hydrogen) atoms. The van der Waals surface area contributed by atoms with E-state index in [0.717, 1.165) is 30.6 Å². The van der Waals surface area contributed by atoms with Crippen molar-refractivity contribution in [2.45, 2.75) is 49.6 Å². The minimum atomic E-state index is -0.340. The fraction of sp³-hybridized carbons (Fsp3) is 0.348. The molecular formula is C23H25N3O3S. The summed E-state index contributed by atoms with van der Waals surface area (Å²) in [6, 6.07) is 15.9. The molecule has 1 aliphatic rings. The van der Waals surface area contributed by atoms with Crippen molar-refractivity contribution in [1.82, 2.24) is 15.5 Å². The van der Waals surface area contributed by atoms with Crippen molar-refractivity contribution in [1.29, 1.82) is 0 Å². The highest BCUT2D eigenvalue weighted by atomic mass is 32.2. The van der Waals surface area contributed by atoms with Gasteiger partial charge < -0.3 is 14.5 Å². The van der Waals surface area contributed by atoms with Gasteiger partial charge in [0, 0.05) is 5.56 Å². The van der Waals surface area contributed by atoms with Gasteiger partial charge in [-0.25, -0.2) is 0 Å². The average molecular weight is 424 g/mol. The number of carbonyl (C=O) groups excluding carboxylic acids is 1. The number of nitrogens with zero attached hydrogens (tertiary/aromatic N) is 2. The lowest BCUT2D eigenvalue weighted by Crippen LogP contribution is -2.35. The maximum atomic E-state index is 12.8. The van der Waals surface area contributed by atoms with Crippen LogP contribution >= 0.6 is 11.8 Å². The molecule has 2 unspecified atom stereocenters. The first kappa shape index (κ1) is 20.5. The van der Waals surface area contributed by atoms with E-state index < -0.39 is 0 Å². The number of hydrogen-bond acceptors (Lipinski definition) is 6. The largest absolute Gasteiger partial charge is 0.494 e. The van der Waals surface area contributed by atoms with Gasteiger partial charge in [-0.05, 0) is 68.5 Å². The van der Waals surface area contributed by atoms with E-state index in [0.29, 0.717) is 17.7 Å². The van der Waals surface area contributed by atoms with Crippen LogP contribution in [0.4, 0.5) is 0 Å². The van der Waals surface area contributed by atoms with Crippen LogP contribution in [0.1, 0.15) is 43.9 Å². The first-order chi connectivity index (χ1) is 14.6. The van der Waals surface area contributed by atoms with Crippen LogP contribution in [-0.4, -0.2) is 28.0 Å². The van der Waals surface area contributed by atoms with E-state index in [4.69, 9.17) is 9.15 Å². The molecule has 0 fully saturated rings. The molecule has 1 heterocycles. The third-order valence-electron chi connectivity index (χ3n) is 5.15. The summed E-state index contributed by atoms with van der Waals surface area (Å²) in [7, 11) is 0. The van der Waals surface area contributed by atoms with Gasteiger partial charge in [0.15, 0.2) is 0 Å². The highest BCUT2D eigenvalue weighted by Crippen LogP contribution is 2.31. The van der Waals surface area contributed by atoms with Gasteiger partial charge in [0.25, 0.3) is 5.22 Å². The van der Waals surface area contributed by atoms with E-state index >= 15 is 0 Å². The molecule has 4 rings (SSSR count). The number of aryl methyl sites for hydroxylation is 1. The van der Waals surface area contributed by atoms with Gasteiger partial charge in [0.1, 0.15) is 5.75 Å². The van der Waals surface area contributed by atoms with Gasteiger partial charge in [0.2, 0.25) is 11.8 Å². The number of nitrogens with one attached hydrogen (secondary N) is 1. The standard InChI is InChI=1S/C23H25N3O3S/c1-3-28-18-13-11-17(12-14-18)22-25-26-23(29-22)30-15(2)21(27)24-20-10-6-8-16-7-4-5-9-19(16)20/h4-5,7,9,11-15,20H,3,6,8,10H2,1-2H3,(H,24,27). The second-order valence-electron chi connectivity index (χ2n) is 7.24. The molecule has 1 aliphatic carbocycles. The van der Waals surface area contributed by atoms with Crippen molar-refractivity contribution in [3.05, 3.63) is 59.7 Å². The summed E-state index contributed by atoms with van der Waals surface area (Å²) in [4.78, 5) is 12.8. The Balaban J connectivity index is 1.37. The van der Waals surface area contributed by atoms with Crippen LogP contribution in [0.2, 0.25) is 0 Å². The maximum Gasteiger partial charge on any atom is 0.277 e. The summed E-state index contributed by atoms with van der Waals surface area (Å²) < 4.78 is 11.2. The second kappa shape index (κ2) is 9.34. The van der Waals surface area contributed by atoms with Crippen LogP contribution in [0.3, 0.4) is 0 Å². The van der Waals surface area contributed by atoms with Crippen molar-refractivity contribution >= 4 is 17.7 Å². The summed E-state index contributed by atoms with van der Waals surface area (Å²) in [6.45, 7) is 4.42. The molecule has 0 radical (unpaired) electrons. The maximum absolute atomic E-state index is 12.8. The lowest BCUT2D eigenvalue weighted by Gasteiger charge is -2.27. The average Bonchev–Trinajstić information content (AvgIpc) is 3.23. The molecule has 0 aliphatic heterocycles. The zero-order chi connectivity index (χ0) is 20.9. The lowest BCUT2D eigenvalue weighted by atomic mass is 9.88. The topological polar surface area (TPSA) is 77.2 Å². The Morgan fingerprint density at radius 3 is 2.83 bits per heavy atom. The van der Waals surface area contributed by atoms with E-state index in [9.17, 15) is 4.79 Å². The molecule has 0 saturated heterocycles. The van der Waals surface area contributed by atoms with Crippen LogP contribution in [-0.2, 0) is 11.2 Å². The number of thioether (sulfide) groups is 1.